The monoisotopic (exact) mass is 1280 g/mol. The molecule has 0 atom stereocenters. The fourth-order valence-electron chi connectivity index (χ4n) is 9.84. The second-order valence-corrected chi connectivity index (χ2v) is 23.9. The maximum atomic E-state index is 15.4. The van der Waals surface area contributed by atoms with Crippen molar-refractivity contribution in [2.24, 2.45) is 10.8 Å². The van der Waals surface area contributed by atoms with Crippen molar-refractivity contribution in [1.29, 1.82) is 0 Å². The van der Waals surface area contributed by atoms with E-state index >= 15 is 35.1 Å². The van der Waals surface area contributed by atoms with Gasteiger partial charge in [0, 0.05) is 16.5 Å². The van der Waals surface area contributed by atoms with Crippen molar-refractivity contribution in [2.75, 3.05) is 0 Å². The molecular weight excluding hydrogens is 1220 g/mol. The Balaban J connectivity index is 0.000000348. The van der Waals surface area contributed by atoms with Crippen LogP contribution in [0, 0.1) is 127 Å². The molecule has 7 aromatic rings. The first-order valence-corrected chi connectivity index (χ1v) is 27.2. The van der Waals surface area contributed by atoms with Gasteiger partial charge >= 0.3 is 23.1 Å². The van der Waals surface area contributed by atoms with Gasteiger partial charge in [0.15, 0.2) is 75.5 Å². The van der Waals surface area contributed by atoms with Crippen LogP contribution in [0.2, 0.25) is 0 Å². The number of para-hydroxylation sites is 2. The molecule has 474 valence electrons. The van der Waals surface area contributed by atoms with Crippen molar-refractivity contribution >= 4 is 68.1 Å². The van der Waals surface area contributed by atoms with Gasteiger partial charge in [-0.1, -0.05) is 181 Å². The topological polar surface area (TPSA) is 28.1 Å². The third kappa shape index (κ3) is 14.5. The van der Waals surface area contributed by atoms with Crippen LogP contribution in [-0.2, 0) is 0 Å². The van der Waals surface area contributed by atoms with Crippen molar-refractivity contribution in [1.82, 2.24) is 0 Å². The summed E-state index contributed by atoms with van der Waals surface area (Å²) < 4.78 is 294. The SMILES string of the molecule is CC(C)c1cccc(C(C)C)c1[N-]/C(=C\C(=[NH+]c1c(C(C)C)cccc1C(C)C)C(C)(C)C)C(C)(C)C.Fc1c(F)c(F)c([B-](c2c(F)c(F)c(F)c(F)c2F)(c2c(F)c(F)c(F)c(F)c2F)c2c(F)c(F)c(F)c(F)c2F)c(F)c1F.[Mg+2].c1ccccc1. The van der Waals surface area contributed by atoms with Crippen molar-refractivity contribution in [3.05, 3.63) is 228 Å². The molecule has 0 unspecified atom stereocenters. The zero-order chi connectivity index (χ0) is 66.9. The third-order valence-corrected chi connectivity index (χ3v) is 14.4. The summed E-state index contributed by atoms with van der Waals surface area (Å²) in [6, 6.07) is 25.4. The molecule has 7 rings (SSSR count). The Hall–Kier alpha value is -6.82. The standard InChI is InChI=1S/C35H53N2.C24BF20.C6H6.Mg/c1-22(2)26-17-15-18-27(23(3)4)32(26)36-30(34(9,10)11)21-31(35(12,13)14)37-33-28(24(5)6)19-16-20-29(33)25(7)8;26-5-1(6(27)14(35)21(42)13(5)34)25(2-7(28)15(36)22(43)16(37)8(2)29,3-9(30)17(38)23(44)18(39)10(3)31)4-11(32)19(40)24(45)20(41)12(4)33;1-2-4-6-5-3-1;/h15-25H,1-14H3;;1-6H;/q2*-1;;+2/p+1/b30-21-,37-31?;;;. The number of halogens is 20. The van der Waals surface area contributed by atoms with Crippen LogP contribution in [0.4, 0.5) is 99.2 Å². The Morgan fingerprint density at radius 3 is 0.753 bits per heavy atom. The Morgan fingerprint density at radius 2 is 0.551 bits per heavy atom. The molecule has 0 saturated heterocycles. The van der Waals surface area contributed by atoms with Gasteiger partial charge in [0.2, 0.25) is 5.69 Å². The van der Waals surface area contributed by atoms with Gasteiger partial charge in [0.25, 0.3) is 0 Å². The number of benzene rings is 7. The molecule has 0 spiro atoms. The maximum Gasteiger partial charge on any atom is 2.00 e. The summed E-state index contributed by atoms with van der Waals surface area (Å²) in [5.41, 5.74) is -4.46. The Kier molecular flexibility index (Phi) is 24.3. The van der Waals surface area contributed by atoms with E-state index in [2.05, 4.69) is 144 Å². The van der Waals surface area contributed by atoms with E-state index in [0.717, 1.165) is 11.4 Å². The molecule has 0 aliphatic rings. The van der Waals surface area contributed by atoms with Crippen molar-refractivity contribution in [3.8, 4) is 0 Å². The fourth-order valence-corrected chi connectivity index (χ4v) is 9.84. The van der Waals surface area contributed by atoms with Crippen LogP contribution in [-0.4, -0.2) is 34.9 Å². The average molecular weight is 1280 g/mol. The summed E-state index contributed by atoms with van der Waals surface area (Å²) in [6.45, 7) is 31.9. The quantitative estimate of drug-likeness (QED) is 0.0415. The molecule has 7 aromatic carbocycles. The van der Waals surface area contributed by atoms with Gasteiger partial charge in [-0.15, -0.1) is 33.2 Å². The van der Waals surface area contributed by atoms with E-state index in [4.69, 9.17) is 5.32 Å². The summed E-state index contributed by atoms with van der Waals surface area (Å²) in [5.74, 6) is -69.7. The molecule has 0 fully saturated rings. The maximum absolute atomic E-state index is 15.4. The number of nitrogens with one attached hydrogen (secondary N) is 1. The van der Waals surface area contributed by atoms with Gasteiger partial charge in [-0.05, 0) is 35.2 Å². The number of hydrogen-bond donors (Lipinski definition) is 1. The number of hydrogen-bond acceptors (Lipinski definition) is 0. The van der Waals surface area contributed by atoms with Gasteiger partial charge in [0.1, 0.15) is 52.7 Å². The van der Waals surface area contributed by atoms with Crippen molar-refractivity contribution in [3.63, 3.8) is 0 Å². The van der Waals surface area contributed by atoms with E-state index in [1.807, 2.05) is 36.4 Å². The molecule has 0 aliphatic heterocycles. The van der Waals surface area contributed by atoms with E-state index in [-0.39, 0.29) is 33.9 Å². The molecule has 0 heterocycles. The van der Waals surface area contributed by atoms with Crippen molar-refractivity contribution in [2.45, 2.75) is 121 Å². The first-order chi connectivity index (χ1) is 40.6. The minimum absolute atomic E-state index is 0. The molecule has 0 aromatic heterocycles. The van der Waals surface area contributed by atoms with Crippen LogP contribution in [0.15, 0.2) is 84.6 Å². The Bertz CT molecular complexity index is 3350. The first-order valence-electron chi connectivity index (χ1n) is 27.2. The van der Waals surface area contributed by atoms with E-state index < -0.39 is 144 Å². The molecule has 0 radical (unpaired) electrons. The number of rotatable bonds is 12. The van der Waals surface area contributed by atoms with E-state index in [1.54, 1.807) is 0 Å². The number of allylic oxidation sites excluding steroid dienone is 2. The van der Waals surface area contributed by atoms with E-state index in [9.17, 15) is 52.7 Å². The zero-order valence-electron chi connectivity index (χ0n) is 50.6. The third-order valence-electron chi connectivity index (χ3n) is 14.4. The van der Waals surface area contributed by atoms with Gasteiger partial charge in [0.05, 0.1) is 0 Å². The molecule has 89 heavy (non-hydrogen) atoms. The summed E-state index contributed by atoms with van der Waals surface area (Å²) >= 11 is 0. The average Bonchev–Trinajstić information content (AvgIpc) is 0.853. The second-order valence-electron chi connectivity index (χ2n) is 23.9. The normalized spacial score (nSPS) is 12.4. The molecule has 0 aliphatic carbocycles. The van der Waals surface area contributed by atoms with E-state index in [1.165, 1.54) is 33.7 Å². The minimum atomic E-state index is -7.22. The van der Waals surface area contributed by atoms with Gasteiger partial charge < -0.3 is 5.32 Å². The summed E-state index contributed by atoms with van der Waals surface area (Å²) in [6.07, 6.45) is -4.88. The number of nitrogens with zero attached hydrogens (tertiary/aromatic N) is 1. The smallest absolute Gasteiger partial charge is 0.660 e. The summed E-state index contributed by atoms with van der Waals surface area (Å²) in [4.78, 5) is 3.96. The van der Waals surface area contributed by atoms with Crippen molar-refractivity contribution < 1.29 is 92.8 Å². The predicted octanol–water partition coefficient (Wildman–Crippen LogP) is 17.2. The second kappa shape index (κ2) is 29.0. The molecule has 1 N–H and O–H groups in total. The zero-order valence-corrected chi connectivity index (χ0v) is 52.0. The molecule has 0 amide bonds. The Labute approximate surface area is 518 Å². The molecular formula is C65H60BF20MgN2+. The van der Waals surface area contributed by atoms with Crippen LogP contribution in [0.25, 0.3) is 5.32 Å². The van der Waals surface area contributed by atoms with Crippen LogP contribution < -0.4 is 26.8 Å². The Morgan fingerprint density at radius 1 is 0.337 bits per heavy atom. The van der Waals surface area contributed by atoms with Gasteiger partial charge in [-0.2, -0.15) is 0 Å². The molecule has 24 heteroatoms. The largest absolute Gasteiger partial charge is 2.00 e. The van der Waals surface area contributed by atoms with Crippen LogP contribution in [0.1, 0.15) is 143 Å². The predicted molar refractivity (Wildman–Crippen MR) is 306 cm³/mol. The first kappa shape index (κ1) is 74.6. The van der Waals surface area contributed by atoms with Gasteiger partial charge in [-0.3, -0.25) is 0 Å². The molecule has 0 bridgehead atoms. The minimum Gasteiger partial charge on any atom is -0.660 e. The van der Waals surface area contributed by atoms with Crippen LogP contribution in [0.5, 0.6) is 0 Å². The van der Waals surface area contributed by atoms with Crippen LogP contribution >= 0.6 is 0 Å². The van der Waals surface area contributed by atoms with E-state index in [0.29, 0.717) is 23.7 Å². The fraction of sp³-hybridized carbons (Fsp3) is 0.308. The molecule has 2 nitrogen and oxygen atoms in total. The molecule has 0 saturated carbocycles. The summed E-state index contributed by atoms with van der Waals surface area (Å²) in [5, 5.41) is 5.48. The van der Waals surface area contributed by atoms with Crippen LogP contribution in [0.3, 0.4) is 0 Å². The van der Waals surface area contributed by atoms with Gasteiger partial charge in [-0.25, -0.2) is 92.8 Å². The summed E-state index contributed by atoms with van der Waals surface area (Å²) in [7, 11) is 0.